The van der Waals surface area contributed by atoms with Crippen LogP contribution in [0.5, 0.6) is 0 Å². The summed E-state index contributed by atoms with van der Waals surface area (Å²) in [5.41, 5.74) is 1.80. The number of carbonyl (C=O) groups excluding carboxylic acids is 1. The Morgan fingerprint density at radius 3 is 2.88 bits per heavy atom. The lowest BCUT2D eigenvalue weighted by Crippen LogP contribution is -2.45. The molecule has 1 aromatic carbocycles. The van der Waals surface area contributed by atoms with Crippen molar-refractivity contribution in [1.29, 1.82) is 5.26 Å². The minimum Gasteiger partial charge on any atom is -0.450 e. The molecule has 1 aliphatic heterocycles. The standard InChI is InChI=1S/C18H26N4O2/c1-4-22-9-8-16(13(3)12-22)20-15-6-7-17(14(10-15)11-19)21-18(23)24-5-2/h6-7,10,13,16,20H,4-5,8-9,12H2,1-3H3,(H,21,23)/t13-,16+/m1/s1. The molecule has 0 aliphatic carbocycles. The number of nitrogens with zero attached hydrogens (tertiary/aromatic N) is 2. The fourth-order valence-electron chi connectivity index (χ4n) is 3.06. The molecule has 2 atom stereocenters. The number of benzene rings is 1. The smallest absolute Gasteiger partial charge is 0.411 e. The second-order valence-corrected chi connectivity index (χ2v) is 6.13. The molecule has 1 fully saturated rings. The first kappa shape index (κ1) is 18.1. The highest BCUT2D eigenvalue weighted by atomic mass is 16.5. The van der Waals surface area contributed by atoms with Gasteiger partial charge in [-0.1, -0.05) is 13.8 Å². The molecule has 1 aliphatic rings. The Kier molecular flexibility index (Phi) is 6.44. The van der Waals surface area contributed by atoms with E-state index < -0.39 is 6.09 Å². The Balaban J connectivity index is 2.04. The molecule has 6 nitrogen and oxygen atoms in total. The molecule has 0 aromatic heterocycles. The number of amides is 1. The van der Waals surface area contributed by atoms with E-state index in [4.69, 9.17) is 4.74 Å². The summed E-state index contributed by atoms with van der Waals surface area (Å²) in [5.74, 6) is 0.543. The van der Waals surface area contributed by atoms with Gasteiger partial charge in [0.15, 0.2) is 0 Å². The number of piperidine rings is 1. The van der Waals surface area contributed by atoms with E-state index in [1.54, 1.807) is 19.1 Å². The first-order chi connectivity index (χ1) is 11.6. The molecule has 130 valence electrons. The van der Waals surface area contributed by atoms with E-state index in [-0.39, 0.29) is 0 Å². The largest absolute Gasteiger partial charge is 0.450 e. The molecular weight excluding hydrogens is 304 g/mol. The average Bonchev–Trinajstić information content (AvgIpc) is 2.58. The zero-order chi connectivity index (χ0) is 17.5. The summed E-state index contributed by atoms with van der Waals surface area (Å²) in [6.45, 7) is 9.73. The number of nitriles is 1. The predicted molar refractivity (Wildman–Crippen MR) is 95.1 cm³/mol. The number of ether oxygens (including phenoxy) is 1. The van der Waals surface area contributed by atoms with Crippen molar-refractivity contribution in [1.82, 2.24) is 4.90 Å². The van der Waals surface area contributed by atoms with Gasteiger partial charge in [0.25, 0.3) is 0 Å². The molecule has 0 saturated carbocycles. The Labute approximate surface area is 143 Å². The molecule has 0 bridgehead atoms. The van der Waals surface area contributed by atoms with Crippen molar-refractivity contribution in [3.63, 3.8) is 0 Å². The summed E-state index contributed by atoms with van der Waals surface area (Å²) in [4.78, 5) is 14.0. The van der Waals surface area contributed by atoms with Crippen molar-refractivity contribution in [3.8, 4) is 6.07 Å². The van der Waals surface area contributed by atoms with Crippen LogP contribution in [0.1, 0.15) is 32.8 Å². The summed E-state index contributed by atoms with van der Waals surface area (Å²) in [7, 11) is 0. The number of hydrogen-bond acceptors (Lipinski definition) is 5. The van der Waals surface area contributed by atoms with E-state index in [1.807, 2.05) is 6.07 Å². The summed E-state index contributed by atoms with van der Waals surface area (Å²) < 4.78 is 4.85. The average molecular weight is 330 g/mol. The van der Waals surface area contributed by atoms with Gasteiger partial charge in [-0.2, -0.15) is 5.26 Å². The van der Waals surface area contributed by atoms with Crippen LogP contribution in [0.15, 0.2) is 18.2 Å². The van der Waals surface area contributed by atoms with Crippen LogP contribution in [-0.2, 0) is 4.74 Å². The highest BCUT2D eigenvalue weighted by molar-refractivity contribution is 5.87. The van der Waals surface area contributed by atoms with Gasteiger partial charge in [0.2, 0.25) is 0 Å². The van der Waals surface area contributed by atoms with Crippen molar-refractivity contribution < 1.29 is 9.53 Å². The SMILES string of the molecule is CCOC(=O)Nc1ccc(N[C@H]2CCN(CC)C[C@H]2C)cc1C#N. The van der Waals surface area contributed by atoms with Crippen LogP contribution >= 0.6 is 0 Å². The quantitative estimate of drug-likeness (QED) is 0.866. The van der Waals surface area contributed by atoms with Gasteiger partial charge in [0.05, 0.1) is 17.9 Å². The van der Waals surface area contributed by atoms with Crippen LogP contribution in [0.25, 0.3) is 0 Å². The van der Waals surface area contributed by atoms with Crippen molar-refractivity contribution in [2.45, 2.75) is 33.2 Å². The molecule has 24 heavy (non-hydrogen) atoms. The van der Waals surface area contributed by atoms with Crippen LogP contribution in [-0.4, -0.2) is 43.3 Å². The molecular formula is C18H26N4O2. The summed E-state index contributed by atoms with van der Waals surface area (Å²) in [5, 5.41) is 15.5. The van der Waals surface area contributed by atoms with E-state index in [9.17, 15) is 10.1 Å². The van der Waals surface area contributed by atoms with Crippen LogP contribution in [0.2, 0.25) is 0 Å². The zero-order valence-corrected chi connectivity index (χ0v) is 14.6. The fraction of sp³-hybridized carbons (Fsp3) is 0.556. The first-order valence-electron chi connectivity index (χ1n) is 8.54. The molecule has 0 spiro atoms. The normalized spacial score (nSPS) is 20.9. The molecule has 0 radical (unpaired) electrons. The highest BCUT2D eigenvalue weighted by Crippen LogP contribution is 2.24. The zero-order valence-electron chi connectivity index (χ0n) is 14.6. The maximum atomic E-state index is 11.5. The van der Waals surface area contributed by atoms with Crippen molar-refractivity contribution >= 4 is 17.5 Å². The molecule has 2 N–H and O–H groups in total. The minimum atomic E-state index is -0.546. The molecule has 1 aromatic rings. The van der Waals surface area contributed by atoms with E-state index in [1.165, 1.54) is 0 Å². The van der Waals surface area contributed by atoms with Gasteiger partial charge >= 0.3 is 6.09 Å². The van der Waals surface area contributed by atoms with Gasteiger partial charge in [0.1, 0.15) is 6.07 Å². The highest BCUT2D eigenvalue weighted by Gasteiger charge is 2.25. The summed E-state index contributed by atoms with van der Waals surface area (Å²) in [6.07, 6.45) is 0.537. The lowest BCUT2D eigenvalue weighted by atomic mass is 9.93. The molecule has 1 heterocycles. The molecule has 0 unspecified atom stereocenters. The Hall–Kier alpha value is -2.26. The van der Waals surface area contributed by atoms with E-state index in [0.717, 1.165) is 31.7 Å². The Morgan fingerprint density at radius 2 is 2.25 bits per heavy atom. The number of anilines is 2. The first-order valence-corrected chi connectivity index (χ1v) is 8.54. The van der Waals surface area contributed by atoms with E-state index in [2.05, 4.69) is 35.5 Å². The Bertz CT molecular complexity index is 612. The minimum absolute atomic E-state index is 0.293. The van der Waals surface area contributed by atoms with Gasteiger partial charge < -0.3 is 15.0 Å². The molecule has 1 amide bonds. The van der Waals surface area contributed by atoms with Crippen LogP contribution in [0.3, 0.4) is 0 Å². The number of likely N-dealkylation sites (tertiary alicyclic amines) is 1. The second-order valence-electron chi connectivity index (χ2n) is 6.13. The monoisotopic (exact) mass is 330 g/mol. The van der Waals surface area contributed by atoms with Crippen LogP contribution in [0, 0.1) is 17.2 Å². The molecule has 1 saturated heterocycles. The number of hydrogen-bond donors (Lipinski definition) is 2. The third kappa shape index (κ3) is 4.62. The topological polar surface area (TPSA) is 77.4 Å². The fourth-order valence-corrected chi connectivity index (χ4v) is 3.06. The Morgan fingerprint density at radius 1 is 1.46 bits per heavy atom. The van der Waals surface area contributed by atoms with Gasteiger partial charge in [-0.15, -0.1) is 0 Å². The molecule has 2 rings (SSSR count). The summed E-state index contributed by atoms with van der Waals surface area (Å²) in [6, 6.07) is 7.93. The number of nitrogens with one attached hydrogen (secondary N) is 2. The van der Waals surface area contributed by atoms with Crippen LogP contribution in [0.4, 0.5) is 16.2 Å². The maximum Gasteiger partial charge on any atom is 0.411 e. The van der Waals surface area contributed by atoms with Gasteiger partial charge in [-0.25, -0.2) is 4.79 Å². The van der Waals surface area contributed by atoms with Crippen molar-refractivity contribution in [3.05, 3.63) is 23.8 Å². The van der Waals surface area contributed by atoms with Crippen LogP contribution < -0.4 is 10.6 Å². The lowest BCUT2D eigenvalue weighted by Gasteiger charge is -2.37. The molecule has 6 heteroatoms. The maximum absolute atomic E-state index is 11.5. The van der Waals surface area contributed by atoms with E-state index >= 15 is 0 Å². The predicted octanol–water partition coefficient (Wildman–Crippen LogP) is 3.27. The number of carbonyl (C=O) groups is 1. The van der Waals surface area contributed by atoms with E-state index in [0.29, 0.717) is 29.8 Å². The summed E-state index contributed by atoms with van der Waals surface area (Å²) >= 11 is 0. The second kappa shape index (κ2) is 8.55. The van der Waals surface area contributed by atoms with Crippen molar-refractivity contribution in [2.24, 2.45) is 5.92 Å². The van der Waals surface area contributed by atoms with Gasteiger partial charge in [-0.3, -0.25) is 5.32 Å². The number of rotatable bonds is 5. The third-order valence-corrected chi connectivity index (χ3v) is 4.44. The third-order valence-electron chi connectivity index (χ3n) is 4.44. The van der Waals surface area contributed by atoms with Crippen molar-refractivity contribution in [2.75, 3.05) is 36.9 Å². The van der Waals surface area contributed by atoms with Gasteiger partial charge in [0, 0.05) is 24.8 Å². The van der Waals surface area contributed by atoms with Gasteiger partial charge in [-0.05, 0) is 44.0 Å². The lowest BCUT2D eigenvalue weighted by molar-refractivity contribution is 0.168.